The van der Waals surface area contributed by atoms with Gasteiger partial charge in [-0.2, -0.15) is 0 Å². The Balaban J connectivity index is 1.64. The summed E-state index contributed by atoms with van der Waals surface area (Å²) in [5, 5.41) is 6.37. The van der Waals surface area contributed by atoms with E-state index < -0.39 is 0 Å². The Labute approximate surface area is 124 Å². The van der Waals surface area contributed by atoms with Gasteiger partial charge in [-0.15, -0.1) is 0 Å². The highest BCUT2D eigenvalue weighted by Gasteiger charge is 2.14. The lowest BCUT2D eigenvalue weighted by Crippen LogP contribution is -2.35. The van der Waals surface area contributed by atoms with Crippen LogP contribution in [0.2, 0.25) is 0 Å². The molecule has 110 valence electrons. The van der Waals surface area contributed by atoms with E-state index in [9.17, 15) is 4.79 Å². The highest BCUT2D eigenvalue weighted by molar-refractivity contribution is 5.94. The largest absolute Gasteiger partial charge is 0.348 e. The fraction of sp³-hybridized carbons (Fsp3) is 0.375. The lowest BCUT2D eigenvalue weighted by Gasteiger charge is -2.19. The fourth-order valence-corrected chi connectivity index (χ4v) is 2.69. The van der Waals surface area contributed by atoms with Crippen LogP contribution in [0.25, 0.3) is 0 Å². The number of hydrogen-bond acceptors (Lipinski definition) is 3. The van der Waals surface area contributed by atoms with Crippen LogP contribution in [0.1, 0.15) is 28.4 Å². The SMILES string of the molecule is CC(Cn1ccnc1)NC(=O)c1ccc2c(c1)CNCC2. The normalized spacial score (nSPS) is 15.3. The number of aromatic nitrogens is 2. The van der Waals surface area contributed by atoms with E-state index >= 15 is 0 Å². The van der Waals surface area contributed by atoms with Crippen LogP contribution >= 0.6 is 0 Å². The zero-order valence-electron chi connectivity index (χ0n) is 12.2. The van der Waals surface area contributed by atoms with E-state index in [0.29, 0.717) is 0 Å². The number of hydrogen-bond donors (Lipinski definition) is 2. The maximum absolute atomic E-state index is 12.3. The molecule has 0 radical (unpaired) electrons. The predicted molar refractivity (Wildman–Crippen MR) is 81.0 cm³/mol. The maximum atomic E-state index is 12.3. The first kappa shape index (κ1) is 13.8. The third kappa shape index (κ3) is 3.31. The van der Waals surface area contributed by atoms with Crippen LogP contribution in [0.3, 0.4) is 0 Å². The van der Waals surface area contributed by atoms with Crippen molar-refractivity contribution in [2.75, 3.05) is 6.54 Å². The lowest BCUT2D eigenvalue weighted by atomic mass is 9.98. The van der Waals surface area contributed by atoms with Crippen LogP contribution in [-0.2, 0) is 19.5 Å². The second kappa shape index (κ2) is 6.10. The molecule has 0 saturated carbocycles. The number of nitrogens with one attached hydrogen (secondary N) is 2. The van der Waals surface area contributed by atoms with Crippen LogP contribution in [0.4, 0.5) is 0 Å². The third-order valence-electron chi connectivity index (χ3n) is 3.78. The number of carbonyl (C=O) groups is 1. The molecule has 2 heterocycles. The summed E-state index contributed by atoms with van der Waals surface area (Å²) in [6, 6.07) is 6.05. The molecule has 1 atom stereocenters. The summed E-state index contributed by atoms with van der Waals surface area (Å²) in [5.41, 5.74) is 3.31. The molecule has 1 aromatic carbocycles. The van der Waals surface area contributed by atoms with Crippen molar-refractivity contribution in [1.29, 1.82) is 0 Å². The predicted octanol–water partition coefficient (Wildman–Crippen LogP) is 1.35. The highest BCUT2D eigenvalue weighted by atomic mass is 16.1. The van der Waals surface area contributed by atoms with E-state index in [1.165, 1.54) is 11.1 Å². The number of benzene rings is 1. The Morgan fingerprint density at radius 3 is 3.19 bits per heavy atom. The number of nitrogens with zero attached hydrogens (tertiary/aromatic N) is 2. The maximum Gasteiger partial charge on any atom is 0.251 e. The van der Waals surface area contributed by atoms with E-state index in [0.717, 1.165) is 31.6 Å². The number of carbonyl (C=O) groups excluding carboxylic acids is 1. The average Bonchev–Trinajstić information content (AvgIpc) is 2.99. The van der Waals surface area contributed by atoms with Crippen molar-refractivity contribution in [1.82, 2.24) is 20.2 Å². The Kier molecular flexibility index (Phi) is 4.01. The minimum absolute atomic E-state index is 0.0176. The molecular weight excluding hydrogens is 264 g/mol. The van der Waals surface area contributed by atoms with Crippen LogP contribution in [0.5, 0.6) is 0 Å². The van der Waals surface area contributed by atoms with Gasteiger partial charge in [0, 0.05) is 37.1 Å². The van der Waals surface area contributed by atoms with E-state index in [1.54, 1.807) is 12.5 Å². The summed E-state index contributed by atoms with van der Waals surface area (Å²) in [6.45, 7) is 4.58. The summed E-state index contributed by atoms with van der Waals surface area (Å²) in [7, 11) is 0. The minimum Gasteiger partial charge on any atom is -0.348 e. The Hall–Kier alpha value is -2.14. The van der Waals surface area contributed by atoms with Crippen molar-refractivity contribution in [2.24, 2.45) is 0 Å². The molecule has 5 heteroatoms. The first-order chi connectivity index (χ1) is 10.2. The summed E-state index contributed by atoms with van der Waals surface area (Å²) in [6.07, 6.45) is 6.43. The Morgan fingerprint density at radius 2 is 2.38 bits per heavy atom. The molecular formula is C16H20N4O. The van der Waals surface area contributed by atoms with Gasteiger partial charge in [-0.05, 0) is 43.1 Å². The standard InChI is InChI=1S/C16H20N4O/c1-12(10-20-7-6-18-11-20)19-16(21)14-3-2-13-4-5-17-9-15(13)8-14/h2-3,6-8,11-12,17H,4-5,9-10H2,1H3,(H,19,21). The van der Waals surface area contributed by atoms with Gasteiger partial charge in [0.05, 0.1) is 6.33 Å². The number of imidazole rings is 1. The molecule has 1 unspecified atom stereocenters. The van der Waals surface area contributed by atoms with Crippen LogP contribution < -0.4 is 10.6 Å². The van der Waals surface area contributed by atoms with Crippen molar-refractivity contribution in [3.63, 3.8) is 0 Å². The van der Waals surface area contributed by atoms with Gasteiger partial charge >= 0.3 is 0 Å². The second-order valence-corrected chi connectivity index (χ2v) is 5.54. The van der Waals surface area contributed by atoms with Gasteiger partial charge in [0.15, 0.2) is 0 Å². The summed E-state index contributed by atoms with van der Waals surface area (Å²) in [4.78, 5) is 16.3. The molecule has 1 amide bonds. The summed E-state index contributed by atoms with van der Waals surface area (Å²) < 4.78 is 1.96. The average molecular weight is 284 g/mol. The van der Waals surface area contributed by atoms with Crippen molar-refractivity contribution < 1.29 is 4.79 Å². The Morgan fingerprint density at radius 1 is 1.48 bits per heavy atom. The topological polar surface area (TPSA) is 59.0 Å². The summed E-state index contributed by atoms with van der Waals surface area (Å²) in [5.74, 6) is -0.0176. The van der Waals surface area contributed by atoms with E-state index in [2.05, 4.69) is 21.7 Å². The molecule has 5 nitrogen and oxygen atoms in total. The van der Waals surface area contributed by atoms with Crippen molar-refractivity contribution in [3.05, 3.63) is 53.6 Å². The van der Waals surface area contributed by atoms with Gasteiger partial charge < -0.3 is 15.2 Å². The first-order valence-corrected chi connectivity index (χ1v) is 7.31. The molecule has 21 heavy (non-hydrogen) atoms. The van der Waals surface area contributed by atoms with Crippen molar-refractivity contribution in [3.8, 4) is 0 Å². The zero-order valence-corrected chi connectivity index (χ0v) is 12.2. The molecule has 0 bridgehead atoms. The molecule has 1 aliphatic heterocycles. The van der Waals surface area contributed by atoms with Crippen molar-refractivity contribution in [2.45, 2.75) is 32.5 Å². The monoisotopic (exact) mass is 284 g/mol. The molecule has 0 saturated heterocycles. The fourth-order valence-electron chi connectivity index (χ4n) is 2.69. The van der Waals surface area contributed by atoms with Gasteiger partial charge in [-0.1, -0.05) is 6.07 Å². The first-order valence-electron chi connectivity index (χ1n) is 7.31. The van der Waals surface area contributed by atoms with Gasteiger partial charge in [0.2, 0.25) is 0 Å². The number of fused-ring (bicyclic) bond motifs is 1. The van der Waals surface area contributed by atoms with Crippen LogP contribution in [0, 0.1) is 0 Å². The van der Waals surface area contributed by atoms with Gasteiger partial charge in [-0.3, -0.25) is 4.79 Å². The van der Waals surface area contributed by atoms with E-state index in [1.807, 2.05) is 29.8 Å². The smallest absolute Gasteiger partial charge is 0.251 e. The Bertz CT molecular complexity index is 621. The van der Waals surface area contributed by atoms with Crippen LogP contribution in [-0.4, -0.2) is 28.0 Å². The van der Waals surface area contributed by atoms with Gasteiger partial charge in [0.25, 0.3) is 5.91 Å². The van der Waals surface area contributed by atoms with E-state index in [4.69, 9.17) is 0 Å². The molecule has 3 rings (SSSR count). The van der Waals surface area contributed by atoms with E-state index in [-0.39, 0.29) is 11.9 Å². The highest BCUT2D eigenvalue weighted by Crippen LogP contribution is 2.16. The third-order valence-corrected chi connectivity index (χ3v) is 3.78. The number of amides is 1. The zero-order chi connectivity index (χ0) is 14.7. The van der Waals surface area contributed by atoms with Gasteiger partial charge in [0.1, 0.15) is 0 Å². The molecule has 1 aromatic heterocycles. The van der Waals surface area contributed by atoms with Crippen LogP contribution in [0.15, 0.2) is 36.9 Å². The molecule has 0 spiro atoms. The minimum atomic E-state index is -0.0176. The number of rotatable bonds is 4. The quantitative estimate of drug-likeness (QED) is 0.891. The molecule has 0 fully saturated rings. The second-order valence-electron chi connectivity index (χ2n) is 5.54. The molecule has 2 N–H and O–H groups in total. The molecule has 0 aliphatic carbocycles. The van der Waals surface area contributed by atoms with Crippen molar-refractivity contribution >= 4 is 5.91 Å². The molecule has 2 aromatic rings. The molecule has 1 aliphatic rings. The lowest BCUT2D eigenvalue weighted by molar-refractivity contribution is 0.0936. The van der Waals surface area contributed by atoms with Gasteiger partial charge in [-0.25, -0.2) is 4.98 Å². The summed E-state index contributed by atoms with van der Waals surface area (Å²) >= 11 is 0.